The van der Waals surface area contributed by atoms with Crippen molar-refractivity contribution in [3.05, 3.63) is 36.0 Å². The third kappa shape index (κ3) is 14.0. The summed E-state index contributed by atoms with van der Waals surface area (Å²) in [5.74, 6) is -0.569. The quantitative estimate of drug-likeness (QED) is 0.176. The van der Waals surface area contributed by atoms with E-state index in [-0.39, 0.29) is 18.0 Å². The van der Waals surface area contributed by atoms with E-state index in [4.69, 9.17) is 4.74 Å². The van der Waals surface area contributed by atoms with E-state index in [1.807, 2.05) is 19.9 Å². The lowest BCUT2D eigenvalue weighted by molar-refractivity contribution is -0.156. The average Bonchev–Trinajstić information content (AvgIpc) is 2.80. The second-order valence-corrected chi connectivity index (χ2v) is 10.8. The molecule has 0 fully saturated rings. The standard InChI is InChI=1S/C30H52O5/c1-6-7-8-9-11-14-22(2)19-26-20-23(3)15-12-10-13-16-27(31)28(32)18-17-24(4)21-29(33)25(5)30(34)35-26/h10-12,14,19,23-29,31-33H,6-9,13,15-18,20-21H2,1-5H3/b12-10+,14-11+,22-19+/t23-,24+,25-,26?,27+,28?,29-/m1/s1. The van der Waals surface area contributed by atoms with Gasteiger partial charge in [-0.1, -0.05) is 63.5 Å². The summed E-state index contributed by atoms with van der Waals surface area (Å²) >= 11 is 0. The molecule has 5 nitrogen and oxygen atoms in total. The van der Waals surface area contributed by atoms with Gasteiger partial charge in [0, 0.05) is 0 Å². The van der Waals surface area contributed by atoms with Crippen molar-refractivity contribution >= 4 is 5.97 Å². The monoisotopic (exact) mass is 492 g/mol. The number of carbonyl (C=O) groups excluding carboxylic acids is 1. The molecule has 0 aromatic carbocycles. The first-order valence-electron chi connectivity index (χ1n) is 13.9. The third-order valence-corrected chi connectivity index (χ3v) is 7.03. The molecule has 1 aliphatic heterocycles. The first-order valence-corrected chi connectivity index (χ1v) is 13.9. The topological polar surface area (TPSA) is 87.0 Å². The molecule has 0 spiro atoms. The zero-order valence-corrected chi connectivity index (χ0v) is 22.9. The van der Waals surface area contributed by atoms with Gasteiger partial charge in [-0.25, -0.2) is 0 Å². The van der Waals surface area contributed by atoms with Crippen LogP contribution in [0, 0.1) is 17.8 Å². The number of unbranched alkanes of at least 4 members (excludes halogenated alkanes) is 3. The summed E-state index contributed by atoms with van der Waals surface area (Å²) < 4.78 is 5.92. The van der Waals surface area contributed by atoms with Crippen LogP contribution in [0.5, 0.6) is 0 Å². The fraction of sp³-hybridized carbons (Fsp3) is 0.767. The predicted octanol–water partition coefficient (Wildman–Crippen LogP) is 6.27. The number of carbonyl (C=O) groups is 1. The van der Waals surface area contributed by atoms with Gasteiger partial charge in [0.1, 0.15) is 6.10 Å². The molecular weight excluding hydrogens is 440 g/mol. The highest BCUT2D eigenvalue weighted by Gasteiger charge is 2.28. The molecule has 0 amide bonds. The van der Waals surface area contributed by atoms with Crippen LogP contribution >= 0.6 is 0 Å². The Morgan fingerprint density at radius 2 is 1.69 bits per heavy atom. The highest BCUT2D eigenvalue weighted by atomic mass is 16.5. The highest BCUT2D eigenvalue weighted by molar-refractivity contribution is 5.73. The van der Waals surface area contributed by atoms with Crippen LogP contribution in [0.3, 0.4) is 0 Å². The van der Waals surface area contributed by atoms with Crippen LogP contribution in [0.1, 0.15) is 105 Å². The Balaban J connectivity index is 2.96. The minimum atomic E-state index is -0.803. The van der Waals surface area contributed by atoms with E-state index >= 15 is 0 Å². The maximum Gasteiger partial charge on any atom is 0.311 e. The van der Waals surface area contributed by atoms with Gasteiger partial charge in [-0.15, -0.1) is 0 Å². The van der Waals surface area contributed by atoms with Gasteiger partial charge >= 0.3 is 5.97 Å². The molecule has 0 saturated heterocycles. The molecule has 35 heavy (non-hydrogen) atoms. The van der Waals surface area contributed by atoms with Crippen molar-refractivity contribution in [1.82, 2.24) is 0 Å². The lowest BCUT2D eigenvalue weighted by Gasteiger charge is -2.25. The Morgan fingerprint density at radius 1 is 0.971 bits per heavy atom. The second kappa shape index (κ2) is 17.9. The number of ether oxygens (including phenoxy) is 1. The Kier molecular flexibility index (Phi) is 16.2. The Morgan fingerprint density at radius 3 is 2.40 bits per heavy atom. The third-order valence-electron chi connectivity index (χ3n) is 7.03. The van der Waals surface area contributed by atoms with Gasteiger partial charge in [-0.05, 0) is 89.5 Å². The molecule has 2 unspecified atom stereocenters. The van der Waals surface area contributed by atoms with E-state index in [1.165, 1.54) is 19.3 Å². The molecule has 1 aliphatic rings. The van der Waals surface area contributed by atoms with Crippen molar-refractivity contribution in [2.24, 2.45) is 17.8 Å². The molecule has 0 saturated carbocycles. The van der Waals surface area contributed by atoms with Gasteiger partial charge in [0.05, 0.1) is 24.2 Å². The molecule has 1 rings (SSSR count). The van der Waals surface area contributed by atoms with Crippen molar-refractivity contribution < 1.29 is 24.9 Å². The highest BCUT2D eigenvalue weighted by Crippen LogP contribution is 2.23. The number of aliphatic hydroxyl groups excluding tert-OH is 3. The second-order valence-electron chi connectivity index (χ2n) is 10.8. The Labute approximate surface area is 214 Å². The normalized spacial score (nSPS) is 34.2. The van der Waals surface area contributed by atoms with Gasteiger partial charge in [0.2, 0.25) is 0 Å². The van der Waals surface area contributed by atoms with Crippen LogP contribution in [-0.2, 0) is 9.53 Å². The molecule has 5 heteroatoms. The van der Waals surface area contributed by atoms with Crippen molar-refractivity contribution in [1.29, 1.82) is 0 Å². The van der Waals surface area contributed by atoms with Gasteiger partial charge in [0.25, 0.3) is 0 Å². The summed E-state index contributed by atoms with van der Waals surface area (Å²) in [5.41, 5.74) is 1.08. The zero-order valence-electron chi connectivity index (χ0n) is 22.9. The fourth-order valence-electron chi connectivity index (χ4n) is 4.47. The number of allylic oxidation sites excluding steroid dienone is 5. The lowest BCUT2D eigenvalue weighted by atomic mass is 9.90. The van der Waals surface area contributed by atoms with E-state index in [0.29, 0.717) is 38.0 Å². The van der Waals surface area contributed by atoms with Gasteiger partial charge in [-0.2, -0.15) is 0 Å². The maximum absolute atomic E-state index is 12.9. The van der Waals surface area contributed by atoms with Crippen molar-refractivity contribution in [2.75, 3.05) is 0 Å². The number of aliphatic hydroxyl groups is 3. The molecule has 0 bridgehead atoms. The first kappa shape index (κ1) is 31.6. The molecular formula is C30H52O5. The molecule has 7 atom stereocenters. The number of cyclic esters (lactones) is 1. The van der Waals surface area contributed by atoms with Gasteiger partial charge < -0.3 is 20.1 Å². The summed E-state index contributed by atoms with van der Waals surface area (Å²) in [4.78, 5) is 12.9. The average molecular weight is 493 g/mol. The predicted molar refractivity (Wildman–Crippen MR) is 144 cm³/mol. The smallest absolute Gasteiger partial charge is 0.311 e. The molecule has 0 aromatic heterocycles. The van der Waals surface area contributed by atoms with E-state index in [2.05, 4.69) is 38.2 Å². The van der Waals surface area contributed by atoms with Crippen molar-refractivity contribution in [3.8, 4) is 0 Å². The molecule has 0 aliphatic carbocycles. The largest absolute Gasteiger partial charge is 0.458 e. The van der Waals surface area contributed by atoms with Gasteiger partial charge in [-0.3, -0.25) is 4.79 Å². The Bertz CT molecular complexity index is 668. The number of rotatable bonds is 6. The first-order chi connectivity index (χ1) is 16.6. The van der Waals surface area contributed by atoms with Crippen LogP contribution in [0.2, 0.25) is 0 Å². The molecule has 0 aromatic rings. The van der Waals surface area contributed by atoms with Crippen LogP contribution in [0.4, 0.5) is 0 Å². The maximum atomic E-state index is 12.9. The summed E-state index contributed by atoms with van der Waals surface area (Å²) in [5, 5.41) is 31.2. The van der Waals surface area contributed by atoms with E-state index in [1.54, 1.807) is 6.92 Å². The van der Waals surface area contributed by atoms with Crippen LogP contribution < -0.4 is 0 Å². The van der Waals surface area contributed by atoms with Gasteiger partial charge in [0.15, 0.2) is 0 Å². The summed E-state index contributed by atoms with van der Waals surface area (Å²) in [6.45, 7) is 10.1. The molecule has 0 radical (unpaired) electrons. The summed E-state index contributed by atoms with van der Waals surface area (Å²) in [7, 11) is 0. The fourth-order valence-corrected chi connectivity index (χ4v) is 4.47. The summed E-state index contributed by atoms with van der Waals surface area (Å²) in [6.07, 6.45) is 17.0. The molecule has 1 heterocycles. The van der Waals surface area contributed by atoms with Crippen LogP contribution in [-0.4, -0.2) is 45.7 Å². The zero-order chi connectivity index (χ0) is 26.2. The molecule has 202 valence electrons. The van der Waals surface area contributed by atoms with Crippen molar-refractivity contribution in [3.63, 3.8) is 0 Å². The Hall–Kier alpha value is -1.43. The number of esters is 1. The molecule has 3 N–H and O–H groups in total. The number of hydrogen-bond acceptors (Lipinski definition) is 5. The minimum absolute atomic E-state index is 0.122. The summed E-state index contributed by atoms with van der Waals surface area (Å²) in [6, 6.07) is 0. The van der Waals surface area contributed by atoms with Crippen molar-refractivity contribution in [2.45, 2.75) is 130 Å². The number of hydrogen-bond donors (Lipinski definition) is 3. The van der Waals surface area contributed by atoms with Crippen LogP contribution in [0.15, 0.2) is 36.0 Å². The SMILES string of the molecule is CCCCC/C=C/C(C)=C/C1C[C@H](C)C/C=C/CC[C@H](O)C(O)CC[C@H](C)C[C@@H](O)[C@@H](C)C(=O)O1. The van der Waals surface area contributed by atoms with E-state index in [0.717, 1.165) is 24.8 Å². The van der Waals surface area contributed by atoms with E-state index < -0.39 is 24.2 Å². The minimum Gasteiger partial charge on any atom is -0.458 e. The van der Waals surface area contributed by atoms with Crippen LogP contribution in [0.25, 0.3) is 0 Å². The lowest BCUT2D eigenvalue weighted by Crippen LogP contribution is -2.32. The van der Waals surface area contributed by atoms with E-state index in [9.17, 15) is 20.1 Å².